The molecule has 0 aliphatic carbocycles. The molecule has 0 radical (unpaired) electrons. The molecular weight excluding hydrogens is 266 g/mol. The van der Waals surface area contributed by atoms with E-state index in [4.69, 9.17) is 10.6 Å². The fourth-order valence-corrected chi connectivity index (χ4v) is 2.58. The number of hydrogen-bond donors (Lipinski definition) is 2. The zero-order chi connectivity index (χ0) is 15.7. The Hall–Kier alpha value is -1.43. The van der Waals surface area contributed by atoms with Crippen LogP contribution in [0.1, 0.15) is 42.6 Å². The van der Waals surface area contributed by atoms with E-state index in [1.165, 1.54) is 0 Å². The maximum absolute atomic E-state index is 11.9. The van der Waals surface area contributed by atoms with Gasteiger partial charge < -0.3 is 4.74 Å². The number of nitrogens with one attached hydrogen (secondary N) is 1. The number of methoxy groups -OCH3 is 1. The number of nitrogens with zero attached hydrogens (tertiary/aromatic N) is 1. The predicted octanol–water partition coefficient (Wildman–Crippen LogP) is 1.93. The smallest absolute Gasteiger partial charge is 0.265 e. The summed E-state index contributed by atoms with van der Waals surface area (Å²) in [7, 11) is 1.71. The second kappa shape index (κ2) is 9.50. The van der Waals surface area contributed by atoms with Crippen LogP contribution in [0.4, 0.5) is 0 Å². The van der Waals surface area contributed by atoms with Crippen LogP contribution >= 0.6 is 0 Å². The van der Waals surface area contributed by atoms with Crippen LogP contribution in [0, 0.1) is 0 Å². The number of nitrogens with two attached hydrogens (primary N) is 1. The molecule has 3 N–H and O–H groups in total. The normalized spacial score (nSPS) is 11.1. The second-order valence-corrected chi connectivity index (χ2v) is 5.06. The van der Waals surface area contributed by atoms with Crippen molar-refractivity contribution in [2.24, 2.45) is 5.84 Å². The van der Waals surface area contributed by atoms with Gasteiger partial charge in [-0.15, -0.1) is 0 Å². The lowest BCUT2D eigenvalue weighted by molar-refractivity contribution is 0.0944. The van der Waals surface area contributed by atoms with E-state index in [9.17, 15) is 4.79 Å². The van der Waals surface area contributed by atoms with Gasteiger partial charge in [0.25, 0.3) is 5.91 Å². The summed E-state index contributed by atoms with van der Waals surface area (Å²) in [5, 5.41) is 0. The van der Waals surface area contributed by atoms with Gasteiger partial charge in [-0.05, 0) is 24.5 Å². The van der Waals surface area contributed by atoms with Gasteiger partial charge in [-0.25, -0.2) is 5.84 Å². The molecule has 0 spiro atoms. The molecule has 0 heterocycles. The first-order valence-electron chi connectivity index (χ1n) is 7.49. The van der Waals surface area contributed by atoms with Crippen molar-refractivity contribution in [3.05, 3.63) is 35.4 Å². The van der Waals surface area contributed by atoms with Crippen molar-refractivity contribution >= 4 is 5.91 Å². The summed E-state index contributed by atoms with van der Waals surface area (Å²) in [4.78, 5) is 14.2. The lowest BCUT2D eigenvalue weighted by atomic mass is 10.0. The lowest BCUT2D eigenvalue weighted by Gasteiger charge is -2.30. The number of ether oxygens (including phenoxy) is 1. The molecule has 5 nitrogen and oxygen atoms in total. The first kappa shape index (κ1) is 17.6. The Morgan fingerprint density at radius 1 is 1.33 bits per heavy atom. The van der Waals surface area contributed by atoms with E-state index in [0.29, 0.717) is 18.2 Å². The van der Waals surface area contributed by atoms with Gasteiger partial charge in [0.15, 0.2) is 0 Å². The third-order valence-electron chi connectivity index (χ3n) is 3.81. The van der Waals surface area contributed by atoms with E-state index in [1.54, 1.807) is 13.2 Å². The van der Waals surface area contributed by atoms with E-state index in [0.717, 1.165) is 31.5 Å². The largest absolute Gasteiger partial charge is 0.383 e. The van der Waals surface area contributed by atoms with Crippen molar-refractivity contribution in [3.63, 3.8) is 0 Å². The first-order valence-corrected chi connectivity index (χ1v) is 7.49. The highest BCUT2D eigenvalue weighted by Gasteiger charge is 2.18. The van der Waals surface area contributed by atoms with Crippen molar-refractivity contribution < 1.29 is 9.53 Å². The Bertz CT molecular complexity index is 433. The first-order chi connectivity index (χ1) is 10.2. The quantitative estimate of drug-likeness (QED) is 0.415. The number of rotatable bonds is 9. The van der Waals surface area contributed by atoms with Crippen LogP contribution in [-0.2, 0) is 11.3 Å². The number of hydrogen-bond acceptors (Lipinski definition) is 4. The summed E-state index contributed by atoms with van der Waals surface area (Å²) >= 11 is 0. The van der Waals surface area contributed by atoms with Gasteiger partial charge in [0, 0.05) is 31.8 Å². The molecule has 1 amide bonds. The van der Waals surface area contributed by atoms with E-state index >= 15 is 0 Å². The van der Waals surface area contributed by atoms with E-state index < -0.39 is 0 Å². The Morgan fingerprint density at radius 3 is 2.57 bits per heavy atom. The van der Waals surface area contributed by atoms with Gasteiger partial charge in [0.1, 0.15) is 0 Å². The van der Waals surface area contributed by atoms with Gasteiger partial charge in [0.2, 0.25) is 0 Å². The highest BCUT2D eigenvalue weighted by Crippen LogP contribution is 2.16. The topological polar surface area (TPSA) is 67.6 Å². The third kappa shape index (κ3) is 5.12. The van der Waals surface area contributed by atoms with E-state index in [2.05, 4.69) is 24.2 Å². The molecule has 0 saturated heterocycles. The second-order valence-electron chi connectivity index (χ2n) is 5.06. The molecular formula is C16H27N3O2. The Kier molecular flexibility index (Phi) is 7.97. The molecule has 0 fully saturated rings. The Morgan fingerprint density at radius 2 is 2.00 bits per heavy atom. The van der Waals surface area contributed by atoms with Gasteiger partial charge >= 0.3 is 0 Å². The molecule has 0 bridgehead atoms. The van der Waals surface area contributed by atoms with Crippen LogP contribution in [0.3, 0.4) is 0 Å². The average Bonchev–Trinajstić information content (AvgIpc) is 2.53. The maximum Gasteiger partial charge on any atom is 0.265 e. The molecule has 1 aromatic rings. The predicted molar refractivity (Wildman–Crippen MR) is 84.8 cm³/mol. The summed E-state index contributed by atoms with van der Waals surface area (Å²) in [5.41, 5.74) is 3.84. The van der Waals surface area contributed by atoms with Gasteiger partial charge in [-0.1, -0.05) is 32.0 Å². The Labute approximate surface area is 127 Å². The molecule has 0 saturated carbocycles. The zero-order valence-electron chi connectivity index (χ0n) is 13.3. The number of amides is 1. The number of nitrogen functional groups attached to an aromatic ring is 1. The molecule has 1 rings (SSSR count). The van der Waals surface area contributed by atoms with Crippen LogP contribution in [-0.4, -0.2) is 37.1 Å². The van der Waals surface area contributed by atoms with Crippen LogP contribution < -0.4 is 11.3 Å². The van der Waals surface area contributed by atoms with Crippen molar-refractivity contribution in [3.8, 4) is 0 Å². The highest BCUT2D eigenvalue weighted by atomic mass is 16.5. The molecule has 0 aliphatic heterocycles. The summed E-state index contributed by atoms with van der Waals surface area (Å²) in [6, 6.07) is 8.06. The molecule has 0 atom stereocenters. The van der Waals surface area contributed by atoms with Crippen LogP contribution in [0.25, 0.3) is 0 Å². The summed E-state index contributed by atoms with van der Waals surface area (Å²) < 4.78 is 5.21. The van der Waals surface area contributed by atoms with Crippen molar-refractivity contribution in [2.45, 2.75) is 39.3 Å². The molecule has 0 unspecified atom stereocenters. The average molecular weight is 293 g/mol. The summed E-state index contributed by atoms with van der Waals surface area (Å²) in [6.45, 7) is 6.63. The number of hydrazine groups is 1. The Balaban J connectivity index is 2.94. The standard InChI is InChI=1S/C16H27N3O2/c1-4-14(5-2)19(10-11-21-3)12-13-8-6-7-9-15(13)16(20)18-17/h6-9,14H,4-5,10-12,17H2,1-3H3,(H,18,20). The van der Waals surface area contributed by atoms with Crippen molar-refractivity contribution in [1.29, 1.82) is 0 Å². The summed E-state index contributed by atoms with van der Waals surface area (Å²) in [6.07, 6.45) is 2.15. The van der Waals surface area contributed by atoms with E-state index in [-0.39, 0.29) is 5.91 Å². The van der Waals surface area contributed by atoms with Crippen LogP contribution in [0.5, 0.6) is 0 Å². The number of carbonyl (C=O) groups is 1. The van der Waals surface area contributed by atoms with Gasteiger partial charge in [-0.2, -0.15) is 0 Å². The molecule has 1 aromatic carbocycles. The minimum atomic E-state index is -0.248. The third-order valence-corrected chi connectivity index (χ3v) is 3.81. The fourth-order valence-electron chi connectivity index (χ4n) is 2.58. The fraction of sp³-hybridized carbons (Fsp3) is 0.562. The molecule has 118 valence electrons. The minimum Gasteiger partial charge on any atom is -0.383 e. The van der Waals surface area contributed by atoms with E-state index in [1.807, 2.05) is 18.2 Å². The molecule has 21 heavy (non-hydrogen) atoms. The minimum absolute atomic E-state index is 0.248. The molecule has 0 aliphatic rings. The summed E-state index contributed by atoms with van der Waals surface area (Å²) in [5.74, 6) is 5.01. The highest BCUT2D eigenvalue weighted by molar-refractivity contribution is 5.95. The number of benzene rings is 1. The van der Waals surface area contributed by atoms with Crippen LogP contribution in [0.15, 0.2) is 24.3 Å². The van der Waals surface area contributed by atoms with Gasteiger partial charge in [0.05, 0.1) is 6.61 Å². The SMILES string of the molecule is CCC(CC)N(CCOC)Cc1ccccc1C(=O)NN. The van der Waals surface area contributed by atoms with Gasteiger partial charge in [-0.3, -0.25) is 15.1 Å². The zero-order valence-corrected chi connectivity index (χ0v) is 13.3. The van der Waals surface area contributed by atoms with Crippen molar-refractivity contribution in [1.82, 2.24) is 10.3 Å². The molecule has 0 aromatic heterocycles. The maximum atomic E-state index is 11.9. The monoisotopic (exact) mass is 293 g/mol. The lowest BCUT2D eigenvalue weighted by Crippen LogP contribution is -2.37. The number of carbonyl (C=O) groups excluding carboxylic acids is 1. The van der Waals surface area contributed by atoms with Crippen LogP contribution in [0.2, 0.25) is 0 Å². The molecule has 5 heteroatoms. The van der Waals surface area contributed by atoms with Crippen molar-refractivity contribution in [2.75, 3.05) is 20.3 Å².